The topological polar surface area (TPSA) is 67.1 Å². The number of hydrogen-bond donors (Lipinski definition) is 3. The van der Waals surface area contributed by atoms with Crippen molar-refractivity contribution in [3.05, 3.63) is 30.1 Å². The van der Waals surface area contributed by atoms with Crippen LogP contribution in [0.25, 0.3) is 0 Å². The van der Waals surface area contributed by atoms with E-state index in [1.807, 2.05) is 13.8 Å². The van der Waals surface area contributed by atoms with Gasteiger partial charge in [0.2, 0.25) is 0 Å². The molecule has 0 aliphatic rings. The molecule has 0 saturated heterocycles. The van der Waals surface area contributed by atoms with Crippen LogP contribution >= 0.6 is 0 Å². The van der Waals surface area contributed by atoms with Crippen LogP contribution in [0.4, 0.5) is 14.9 Å². The first-order valence-corrected chi connectivity index (χ1v) is 5.56. The van der Waals surface area contributed by atoms with Crippen molar-refractivity contribution in [2.75, 3.05) is 11.9 Å². The lowest BCUT2D eigenvalue weighted by Crippen LogP contribution is -2.41. The second kappa shape index (κ2) is 6.20. The molecule has 4 nitrogen and oxygen atoms in total. The Morgan fingerprint density at radius 3 is 2.47 bits per heavy atom. The molecule has 1 rings (SSSR count). The number of anilines is 1. The molecule has 94 valence electrons. The maximum absolute atomic E-state index is 12.6. The third kappa shape index (κ3) is 4.40. The Kier molecular flexibility index (Phi) is 4.90. The summed E-state index contributed by atoms with van der Waals surface area (Å²) in [6.45, 7) is 4.36. The van der Waals surface area contributed by atoms with E-state index in [4.69, 9.17) is 5.73 Å². The largest absolute Gasteiger partial charge is 0.335 e. The number of amides is 2. The van der Waals surface area contributed by atoms with Crippen LogP contribution in [-0.4, -0.2) is 18.6 Å². The Labute approximate surface area is 100 Å². The van der Waals surface area contributed by atoms with Crippen LogP contribution < -0.4 is 16.4 Å². The lowest BCUT2D eigenvalue weighted by molar-refractivity contribution is 0.245. The summed E-state index contributed by atoms with van der Waals surface area (Å²) in [7, 11) is 0. The fourth-order valence-electron chi connectivity index (χ4n) is 1.25. The summed E-state index contributed by atoms with van der Waals surface area (Å²) in [6, 6.07) is 5.27. The summed E-state index contributed by atoms with van der Waals surface area (Å²) in [4.78, 5) is 11.6. The number of rotatable bonds is 4. The lowest BCUT2D eigenvalue weighted by atomic mass is 10.0. The minimum absolute atomic E-state index is 0.0135. The highest BCUT2D eigenvalue weighted by atomic mass is 19.1. The van der Waals surface area contributed by atoms with Crippen LogP contribution in [0.1, 0.15) is 13.8 Å². The van der Waals surface area contributed by atoms with Crippen molar-refractivity contribution in [2.24, 2.45) is 11.7 Å². The summed E-state index contributed by atoms with van der Waals surface area (Å²) < 4.78 is 12.6. The second-order valence-corrected chi connectivity index (χ2v) is 4.11. The van der Waals surface area contributed by atoms with Crippen molar-refractivity contribution < 1.29 is 9.18 Å². The van der Waals surface area contributed by atoms with E-state index in [0.717, 1.165) is 0 Å². The molecular formula is C12H18FN3O. The summed E-state index contributed by atoms with van der Waals surface area (Å²) in [6.07, 6.45) is 0. The normalized spacial score (nSPS) is 13.9. The minimum Gasteiger partial charge on any atom is -0.335 e. The molecule has 0 spiro atoms. The number of hydrogen-bond acceptors (Lipinski definition) is 2. The molecule has 0 bridgehead atoms. The van der Waals surface area contributed by atoms with Crippen LogP contribution in [0, 0.1) is 11.7 Å². The van der Waals surface area contributed by atoms with Gasteiger partial charge >= 0.3 is 6.03 Å². The smallest absolute Gasteiger partial charge is 0.319 e. The Bertz CT molecular complexity index is 367. The predicted molar refractivity (Wildman–Crippen MR) is 66.2 cm³/mol. The summed E-state index contributed by atoms with van der Waals surface area (Å²) in [5.41, 5.74) is 6.06. The molecule has 2 amide bonds. The molecule has 0 heterocycles. The summed E-state index contributed by atoms with van der Waals surface area (Å²) in [5, 5.41) is 5.39. The van der Waals surface area contributed by atoms with E-state index in [2.05, 4.69) is 10.6 Å². The van der Waals surface area contributed by atoms with Crippen molar-refractivity contribution in [3.8, 4) is 0 Å². The van der Waals surface area contributed by atoms with E-state index in [-0.39, 0.29) is 23.8 Å². The molecule has 5 heteroatoms. The number of carbonyl (C=O) groups excluding carboxylic acids is 1. The highest BCUT2D eigenvalue weighted by Crippen LogP contribution is 2.08. The van der Waals surface area contributed by atoms with Crippen LogP contribution in [-0.2, 0) is 0 Å². The predicted octanol–water partition coefficient (Wildman–Crippen LogP) is 1.93. The van der Waals surface area contributed by atoms with Crippen molar-refractivity contribution in [2.45, 2.75) is 19.9 Å². The lowest BCUT2D eigenvalue weighted by Gasteiger charge is -2.19. The number of carbonyl (C=O) groups is 1. The molecule has 0 fully saturated rings. The number of nitrogens with one attached hydrogen (secondary N) is 2. The van der Waals surface area contributed by atoms with E-state index in [0.29, 0.717) is 12.2 Å². The highest BCUT2D eigenvalue weighted by molar-refractivity contribution is 5.89. The molecule has 0 radical (unpaired) electrons. The molecule has 2 atom stereocenters. The molecule has 0 aliphatic carbocycles. The zero-order chi connectivity index (χ0) is 12.8. The molecule has 2 unspecified atom stereocenters. The van der Waals surface area contributed by atoms with Crippen LogP contribution in [0.5, 0.6) is 0 Å². The first-order chi connectivity index (χ1) is 8.02. The van der Waals surface area contributed by atoms with Crippen molar-refractivity contribution in [3.63, 3.8) is 0 Å². The van der Waals surface area contributed by atoms with Gasteiger partial charge in [-0.3, -0.25) is 0 Å². The monoisotopic (exact) mass is 239 g/mol. The Morgan fingerprint density at radius 1 is 1.35 bits per heavy atom. The standard InChI is InChI=1S/C12H18FN3O/c1-8(7-14)9(2)15-12(17)16-11-5-3-10(13)4-6-11/h3-6,8-9H,7,14H2,1-2H3,(H2,15,16,17). The molecular weight excluding hydrogens is 221 g/mol. The van der Waals surface area contributed by atoms with Gasteiger partial charge in [-0.15, -0.1) is 0 Å². The van der Waals surface area contributed by atoms with Gasteiger partial charge in [0.05, 0.1) is 0 Å². The number of benzene rings is 1. The molecule has 17 heavy (non-hydrogen) atoms. The maximum Gasteiger partial charge on any atom is 0.319 e. The van der Waals surface area contributed by atoms with Gasteiger partial charge in [-0.25, -0.2) is 9.18 Å². The van der Waals surface area contributed by atoms with Crippen molar-refractivity contribution >= 4 is 11.7 Å². The fraction of sp³-hybridized carbons (Fsp3) is 0.417. The quantitative estimate of drug-likeness (QED) is 0.751. The van der Waals surface area contributed by atoms with Gasteiger partial charge in [0.15, 0.2) is 0 Å². The van der Waals surface area contributed by atoms with Gasteiger partial charge in [0, 0.05) is 11.7 Å². The first kappa shape index (κ1) is 13.4. The zero-order valence-corrected chi connectivity index (χ0v) is 10.0. The number of halogens is 1. The number of urea groups is 1. The van der Waals surface area contributed by atoms with Crippen LogP contribution in [0.15, 0.2) is 24.3 Å². The average molecular weight is 239 g/mol. The van der Waals surface area contributed by atoms with E-state index >= 15 is 0 Å². The molecule has 1 aromatic rings. The third-order valence-electron chi connectivity index (χ3n) is 2.69. The Balaban J connectivity index is 2.47. The van der Waals surface area contributed by atoms with E-state index in [1.54, 1.807) is 0 Å². The van der Waals surface area contributed by atoms with Gasteiger partial charge in [-0.1, -0.05) is 6.92 Å². The van der Waals surface area contributed by atoms with E-state index in [9.17, 15) is 9.18 Å². The summed E-state index contributed by atoms with van der Waals surface area (Å²) in [5.74, 6) is -0.130. The molecule has 4 N–H and O–H groups in total. The molecule has 0 aromatic heterocycles. The minimum atomic E-state index is -0.332. The second-order valence-electron chi connectivity index (χ2n) is 4.11. The van der Waals surface area contributed by atoms with Crippen molar-refractivity contribution in [1.29, 1.82) is 0 Å². The Morgan fingerprint density at radius 2 is 1.94 bits per heavy atom. The van der Waals surface area contributed by atoms with Gasteiger partial charge in [0.25, 0.3) is 0 Å². The van der Waals surface area contributed by atoms with E-state index in [1.165, 1.54) is 24.3 Å². The van der Waals surface area contributed by atoms with Gasteiger partial charge < -0.3 is 16.4 Å². The van der Waals surface area contributed by atoms with Gasteiger partial charge in [-0.2, -0.15) is 0 Å². The average Bonchev–Trinajstić information content (AvgIpc) is 2.30. The highest BCUT2D eigenvalue weighted by Gasteiger charge is 2.13. The summed E-state index contributed by atoms with van der Waals surface area (Å²) >= 11 is 0. The van der Waals surface area contributed by atoms with Gasteiger partial charge in [0.1, 0.15) is 5.82 Å². The molecule has 0 aliphatic heterocycles. The number of nitrogens with two attached hydrogens (primary N) is 1. The zero-order valence-electron chi connectivity index (χ0n) is 10.0. The van der Waals surface area contributed by atoms with Crippen LogP contribution in [0.3, 0.4) is 0 Å². The van der Waals surface area contributed by atoms with Gasteiger partial charge in [-0.05, 0) is 43.7 Å². The first-order valence-electron chi connectivity index (χ1n) is 5.56. The molecule has 1 aromatic carbocycles. The maximum atomic E-state index is 12.6. The molecule has 0 saturated carbocycles. The van der Waals surface area contributed by atoms with Crippen molar-refractivity contribution in [1.82, 2.24) is 5.32 Å². The third-order valence-corrected chi connectivity index (χ3v) is 2.69. The fourth-order valence-corrected chi connectivity index (χ4v) is 1.25. The SMILES string of the molecule is CC(CN)C(C)NC(=O)Nc1ccc(F)cc1. The van der Waals surface area contributed by atoms with E-state index < -0.39 is 0 Å². The Hall–Kier alpha value is -1.62. The van der Waals surface area contributed by atoms with Crippen LogP contribution in [0.2, 0.25) is 0 Å².